The van der Waals surface area contributed by atoms with Gasteiger partial charge in [0.1, 0.15) is 22.9 Å². The number of aliphatic hydroxyl groups is 1. The first kappa shape index (κ1) is 18.7. The molecular formula is C16H14N2O8S. The summed E-state index contributed by atoms with van der Waals surface area (Å²) in [6.07, 6.45) is -1.59. The molecule has 1 fully saturated rings. The fourth-order valence-electron chi connectivity index (χ4n) is 2.82. The van der Waals surface area contributed by atoms with Crippen molar-refractivity contribution in [2.75, 3.05) is 5.75 Å². The SMILES string of the molecule is O=C(O)C1=C(C(=O)O)N2C(=O)C(NC(=O)C(O)c3ccc(O)cc3)[C@@H]2SC1. The van der Waals surface area contributed by atoms with Crippen LogP contribution in [0.3, 0.4) is 0 Å². The number of carbonyl (C=O) groups is 4. The molecule has 0 aromatic heterocycles. The summed E-state index contributed by atoms with van der Waals surface area (Å²) in [5.74, 6) is -4.80. The molecule has 27 heavy (non-hydrogen) atoms. The van der Waals surface area contributed by atoms with Crippen LogP contribution in [-0.2, 0) is 19.2 Å². The molecule has 0 spiro atoms. The predicted molar refractivity (Wildman–Crippen MR) is 90.4 cm³/mol. The molecule has 2 aliphatic heterocycles. The first-order valence-corrected chi connectivity index (χ1v) is 8.69. The van der Waals surface area contributed by atoms with Crippen molar-refractivity contribution in [3.63, 3.8) is 0 Å². The minimum Gasteiger partial charge on any atom is -0.508 e. The third-order valence-electron chi connectivity index (χ3n) is 4.18. The Hall–Kier alpha value is -3.05. The van der Waals surface area contributed by atoms with Gasteiger partial charge in [-0.05, 0) is 17.7 Å². The average molecular weight is 394 g/mol. The van der Waals surface area contributed by atoms with Crippen LogP contribution in [0.15, 0.2) is 35.5 Å². The second-order valence-corrected chi connectivity index (χ2v) is 6.93. The molecular weight excluding hydrogens is 380 g/mol. The number of phenolic OH excluding ortho intramolecular Hbond substituents is 1. The van der Waals surface area contributed by atoms with E-state index in [1.807, 2.05) is 0 Å². The number of nitrogens with one attached hydrogen (secondary N) is 1. The molecule has 0 aliphatic carbocycles. The normalized spacial score (nSPS) is 22.6. The fraction of sp³-hybridized carbons (Fsp3) is 0.250. The second-order valence-electron chi connectivity index (χ2n) is 5.83. The van der Waals surface area contributed by atoms with Crippen LogP contribution in [0.5, 0.6) is 5.75 Å². The lowest BCUT2D eigenvalue weighted by atomic mass is 10.0. The molecule has 2 amide bonds. The Labute approximate surface area is 156 Å². The topological polar surface area (TPSA) is 164 Å². The van der Waals surface area contributed by atoms with Crippen molar-refractivity contribution < 1.29 is 39.6 Å². The summed E-state index contributed by atoms with van der Waals surface area (Å²) in [7, 11) is 0. The van der Waals surface area contributed by atoms with Gasteiger partial charge in [0, 0.05) is 5.75 Å². The Bertz CT molecular complexity index is 866. The molecule has 0 radical (unpaired) electrons. The van der Waals surface area contributed by atoms with Gasteiger partial charge in [-0.15, -0.1) is 11.8 Å². The molecule has 11 heteroatoms. The van der Waals surface area contributed by atoms with Gasteiger partial charge in [-0.25, -0.2) is 9.59 Å². The molecule has 2 aliphatic rings. The number of benzene rings is 1. The lowest BCUT2D eigenvalue weighted by molar-refractivity contribution is -0.152. The van der Waals surface area contributed by atoms with Gasteiger partial charge in [-0.3, -0.25) is 14.5 Å². The maximum atomic E-state index is 12.3. The van der Waals surface area contributed by atoms with Gasteiger partial charge in [0.15, 0.2) is 6.10 Å². The van der Waals surface area contributed by atoms with Crippen molar-refractivity contribution in [3.05, 3.63) is 41.1 Å². The molecule has 2 heterocycles. The number of phenols is 1. The van der Waals surface area contributed by atoms with Crippen LogP contribution >= 0.6 is 11.8 Å². The van der Waals surface area contributed by atoms with Gasteiger partial charge in [0.2, 0.25) is 0 Å². The largest absolute Gasteiger partial charge is 0.508 e. The summed E-state index contributed by atoms with van der Waals surface area (Å²) in [6, 6.07) is 4.17. The summed E-state index contributed by atoms with van der Waals surface area (Å²) in [4.78, 5) is 47.9. The number of hydrogen-bond acceptors (Lipinski definition) is 7. The number of rotatable bonds is 5. The highest BCUT2D eigenvalue weighted by Gasteiger charge is 2.55. The van der Waals surface area contributed by atoms with E-state index < -0.39 is 52.5 Å². The van der Waals surface area contributed by atoms with Gasteiger partial charge >= 0.3 is 11.9 Å². The molecule has 2 unspecified atom stereocenters. The van der Waals surface area contributed by atoms with Gasteiger partial charge < -0.3 is 25.7 Å². The van der Waals surface area contributed by atoms with E-state index in [-0.39, 0.29) is 17.1 Å². The minimum absolute atomic E-state index is 0.0444. The van der Waals surface area contributed by atoms with E-state index in [1.165, 1.54) is 24.3 Å². The molecule has 3 atom stereocenters. The Balaban J connectivity index is 1.75. The molecule has 0 bridgehead atoms. The summed E-state index contributed by atoms with van der Waals surface area (Å²) in [5, 5.41) is 39.3. The van der Waals surface area contributed by atoms with Crippen molar-refractivity contribution in [1.82, 2.24) is 10.2 Å². The number of aliphatic carboxylic acids is 2. The molecule has 3 rings (SSSR count). The van der Waals surface area contributed by atoms with E-state index in [2.05, 4.69) is 5.32 Å². The fourth-order valence-corrected chi connectivity index (χ4v) is 4.16. The van der Waals surface area contributed by atoms with E-state index in [0.29, 0.717) is 0 Å². The number of amides is 2. The number of aliphatic hydroxyl groups excluding tert-OH is 1. The van der Waals surface area contributed by atoms with E-state index in [9.17, 15) is 34.5 Å². The van der Waals surface area contributed by atoms with Crippen LogP contribution in [0.1, 0.15) is 11.7 Å². The number of β-lactam (4-membered cyclic amide) rings is 1. The number of carbonyl (C=O) groups excluding carboxylic acids is 2. The highest BCUT2D eigenvalue weighted by atomic mass is 32.2. The van der Waals surface area contributed by atoms with Crippen LogP contribution in [0.25, 0.3) is 0 Å². The van der Waals surface area contributed by atoms with Crippen LogP contribution in [0.2, 0.25) is 0 Å². The molecule has 0 saturated carbocycles. The van der Waals surface area contributed by atoms with E-state index in [1.54, 1.807) is 0 Å². The van der Waals surface area contributed by atoms with Crippen LogP contribution in [-0.4, -0.2) is 66.2 Å². The number of carboxylic acid groups (broad SMARTS) is 2. The number of nitrogens with zero attached hydrogens (tertiary/aromatic N) is 1. The molecule has 142 valence electrons. The monoisotopic (exact) mass is 394 g/mol. The number of hydrogen-bond donors (Lipinski definition) is 5. The highest BCUT2D eigenvalue weighted by Crippen LogP contribution is 2.40. The van der Waals surface area contributed by atoms with Crippen molar-refractivity contribution in [3.8, 4) is 5.75 Å². The zero-order valence-corrected chi connectivity index (χ0v) is 14.3. The molecule has 10 nitrogen and oxygen atoms in total. The van der Waals surface area contributed by atoms with Crippen molar-refractivity contribution >= 4 is 35.5 Å². The van der Waals surface area contributed by atoms with Gasteiger partial charge in [0.25, 0.3) is 11.8 Å². The van der Waals surface area contributed by atoms with Crippen LogP contribution < -0.4 is 5.32 Å². The van der Waals surface area contributed by atoms with Crippen LogP contribution in [0.4, 0.5) is 0 Å². The standard InChI is InChI=1S/C16H14N2O8S/c19-7-3-1-6(2-4-7)11(20)12(21)17-9-13(22)18-10(16(25)26)8(15(23)24)5-27-14(9)18/h1-4,9,11,14,19-20H,5H2,(H,17,21)(H,23,24)(H,25,26)/t9?,11?,14-/m0/s1. The Morgan fingerprint density at radius 2 is 1.78 bits per heavy atom. The Kier molecular flexibility index (Phi) is 4.81. The zero-order valence-electron chi connectivity index (χ0n) is 13.5. The van der Waals surface area contributed by atoms with E-state index in [0.717, 1.165) is 16.7 Å². The number of carboxylic acids is 2. The number of aromatic hydroxyl groups is 1. The summed E-state index contributed by atoms with van der Waals surface area (Å²) < 4.78 is 0. The lowest BCUT2D eigenvalue weighted by Gasteiger charge is -2.49. The summed E-state index contributed by atoms with van der Waals surface area (Å²) in [6.45, 7) is 0. The van der Waals surface area contributed by atoms with E-state index in [4.69, 9.17) is 5.11 Å². The van der Waals surface area contributed by atoms with Gasteiger partial charge in [0.05, 0.1) is 5.57 Å². The first-order valence-electron chi connectivity index (χ1n) is 7.64. The van der Waals surface area contributed by atoms with Gasteiger partial charge in [-0.1, -0.05) is 12.1 Å². The van der Waals surface area contributed by atoms with Gasteiger partial charge in [-0.2, -0.15) is 0 Å². The third kappa shape index (κ3) is 3.22. The van der Waals surface area contributed by atoms with E-state index >= 15 is 0 Å². The second kappa shape index (κ2) is 6.93. The minimum atomic E-state index is -1.59. The number of fused-ring (bicyclic) bond motifs is 1. The Morgan fingerprint density at radius 3 is 2.33 bits per heavy atom. The number of thioether (sulfide) groups is 1. The molecule has 1 aromatic rings. The van der Waals surface area contributed by atoms with Crippen molar-refractivity contribution in [1.29, 1.82) is 0 Å². The molecule has 5 N–H and O–H groups in total. The lowest BCUT2D eigenvalue weighted by Crippen LogP contribution is -2.71. The first-order chi connectivity index (χ1) is 12.7. The molecule has 1 aromatic carbocycles. The van der Waals surface area contributed by atoms with Crippen LogP contribution in [0, 0.1) is 0 Å². The summed E-state index contributed by atoms with van der Waals surface area (Å²) in [5.41, 5.74) is -0.809. The summed E-state index contributed by atoms with van der Waals surface area (Å²) >= 11 is 1.01. The maximum absolute atomic E-state index is 12.3. The van der Waals surface area contributed by atoms with Crippen molar-refractivity contribution in [2.45, 2.75) is 17.5 Å². The zero-order chi connectivity index (χ0) is 19.9. The smallest absolute Gasteiger partial charge is 0.353 e. The highest BCUT2D eigenvalue weighted by molar-refractivity contribution is 8.00. The quantitative estimate of drug-likeness (QED) is 0.404. The Morgan fingerprint density at radius 1 is 1.15 bits per heavy atom. The average Bonchev–Trinajstić information content (AvgIpc) is 2.64. The molecule has 1 saturated heterocycles. The van der Waals surface area contributed by atoms with Crippen molar-refractivity contribution in [2.24, 2.45) is 0 Å². The maximum Gasteiger partial charge on any atom is 0.353 e. The predicted octanol–water partition coefficient (Wildman–Crippen LogP) is -0.751. The third-order valence-corrected chi connectivity index (χ3v) is 5.46.